The van der Waals surface area contributed by atoms with Gasteiger partial charge in [0.15, 0.2) is 11.8 Å². The molecule has 0 heterocycles. The van der Waals surface area contributed by atoms with Crippen LogP contribution in [0.5, 0.6) is 0 Å². The molecule has 0 atom stereocenters. The second-order valence-electron chi connectivity index (χ2n) is 13.4. The molecule has 0 spiro atoms. The standard InChI is InChI=1S/2C25H22P2.5ClH.2Re/c2*1-5-13-22(14-6-1)26(23-15-7-2-8-16-23)21-27(24-17-9-3-10-18-24)25-19-11-4-12-20-25;;;;;;;/h2*1-20H,21H2;5*1H;;/q;;;;;;;+2;+3/p-1. The van der Waals surface area contributed by atoms with Gasteiger partial charge in [0, 0.05) is 0 Å². The third-order valence-corrected chi connectivity index (χ3v) is 23.6. The van der Waals surface area contributed by atoms with Gasteiger partial charge in [-0.15, -0.1) is 0 Å². The Morgan fingerprint density at radius 3 is 0.459 bits per heavy atom. The Morgan fingerprint density at radius 2 is 0.361 bits per heavy atom. The predicted molar refractivity (Wildman–Crippen MR) is 281 cm³/mol. The van der Waals surface area contributed by atoms with Gasteiger partial charge in [0.2, 0.25) is 0 Å². The minimum Gasteiger partial charge on any atom is -0.0620 e. The summed E-state index contributed by atoms with van der Waals surface area (Å²) in [6.07, 6.45) is 0. The van der Waals surface area contributed by atoms with Crippen LogP contribution in [0.4, 0.5) is 0 Å². The second kappa shape index (κ2) is 29.6. The van der Waals surface area contributed by atoms with E-state index in [9.17, 15) is 0 Å². The molecule has 8 aromatic carbocycles. The van der Waals surface area contributed by atoms with Crippen LogP contribution in [0.25, 0.3) is 0 Å². The van der Waals surface area contributed by atoms with Crippen LogP contribution >= 0.6 is 79.3 Å². The summed E-state index contributed by atoms with van der Waals surface area (Å²) in [5.41, 5.74) is 0. The van der Waals surface area contributed by atoms with Crippen LogP contribution in [0.15, 0.2) is 243 Å². The van der Waals surface area contributed by atoms with Crippen molar-refractivity contribution in [3.05, 3.63) is 243 Å². The molecule has 0 fully saturated rings. The first kappa shape index (κ1) is 50.3. The van der Waals surface area contributed by atoms with Crippen molar-refractivity contribution in [1.29, 1.82) is 0 Å². The van der Waals surface area contributed by atoms with Gasteiger partial charge in [0.05, 0.1) is 0 Å². The number of halogens is 5. The monoisotopic (exact) mass is 1320 g/mol. The maximum atomic E-state index is 4.99. The molecule has 0 aromatic heterocycles. The molecule has 0 aliphatic rings. The van der Waals surface area contributed by atoms with Gasteiger partial charge in [0.25, 0.3) is 0 Å². The summed E-state index contributed by atoms with van der Waals surface area (Å²) in [5, 5.41) is 12.0. The van der Waals surface area contributed by atoms with Crippen molar-refractivity contribution in [2.24, 2.45) is 0 Å². The second-order valence-corrected chi connectivity index (χ2v) is 40.4. The molecule has 8 aromatic rings. The zero-order chi connectivity index (χ0) is 42.9. The van der Waals surface area contributed by atoms with Crippen molar-refractivity contribution in [1.82, 2.24) is 0 Å². The SMILES string of the molecule is [Cl][Re]([Cl])[Cl].[Cl][Re][Cl].c1ccc([PH+](C[PH+](c2ccccc2)c2ccccc2)c2ccccc2)cc1.c1ccc([PH+](C[PH+](c2ccccc2)c2ccccc2)c2ccccc2)cc1. The Kier molecular flexibility index (Phi) is 24.4. The van der Waals surface area contributed by atoms with E-state index in [1.165, 1.54) is 54.2 Å². The first-order valence-corrected chi connectivity index (χ1v) is 43.1. The molecule has 0 N–H and O–H groups in total. The maximum Gasteiger partial charge on any atom is 0.174 e. The third kappa shape index (κ3) is 17.6. The molecule has 0 saturated carbocycles. The van der Waals surface area contributed by atoms with Crippen molar-refractivity contribution >= 4 is 122 Å². The number of hydrogen-bond donors (Lipinski definition) is 0. The largest absolute Gasteiger partial charge is 0.174 e. The van der Waals surface area contributed by atoms with Gasteiger partial charge in [-0.2, -0.15) is 0 Å². The van der Waals surface area contributed by atoms with Crippen LogP contribution in [0.3, 0.4) is 0 Å². The van der Waals surface area contributed by atoms with Crippen LogP contribution < -0.4 is 42.4 Å². The molecule has 0 unspecified atom stereocenters. The smallest absolute Gasteiger partial charge is 0.0620 e. The summed E-state index contributed by atoms with van der Waals surface area (Å²) in [7, 11) is 21.4. The molecule has 0 saturated heterocycles. The summed E-state index contributed by atoms with van der Waals surface area (Å²) in [5.74, 6) is 2.49. The van der Waals surface area contributed by atoms with Crippen LogP contribution in [-0.4, -0.2) is 11.8 Å². The average Bonchev–Trinajstić information content (AvgIpc) is 3.32. The summed E-state index contributed by atoms with van der Waals surface area (Å²) in [6.45, 7) is 0. The minimum absolute atomic E-state index is 0.722. The molecule has 0 aliphatic carbocycles. The fourth-order valence-corrected chi connectivity index (χ4v) is 22.4. The molecule has 8 rings (SSSR count). The normalized spacial score (nSPS) is 10.8. The molecule has 0 radical (unpaired) electrons. The van der Waals surface area contributed by atoms with E-state index in [1.54, 1.807) is 0 Å². The Labute approximate surface area is 401 Å². The van der Waals surface area contributed by atoms with Gasteiger partial charge >= 0.3 is 77.3 Å². The molecule has 0 amide bonds. The Morgan fingerprint density at radius 1 is 0.262 bits per heavy atom. The zero-order valence-electron chi connectivity index (χ0n) is 33.2. The molecular weight excluding hydrogens is 1270 g/mol. The first-order valence-electron chi connectivity index (χ1n) is 19.4. The van der Waals surface area contributed by atoms with E-state index in [0.717, 1.165) is 0 Å². The Balaban J connectivity index is 0.000000201. The summed E-state index contributed by atoms with van der Waals surface area (Å²) < 4.78 is 0. The maximum absolute atomic E-state index is 4.99. The van der Waals surface area contributed by atoms with E-state index in [1.807, 2.05) is 0 Å². The number of hydrogen-bond acceptors (Lipinski definition) is 0. The van der Waals surface area contributed by atoms with Gasteiger partial charge in [-0.3, -0.25) is 0 Å². The van der Waals surface area contributed by atoms with Crippen molar-refractivity contribution in [2.45, 2.75) is 0 Å². The molecular formula is C50H48Cl5P4Re2+4. The summed E-state index contributed by atoms with van der Waals surface area (Å²) >= 11 is -2.77. The van der Waals surface area contributed by atoms with Crippen LogP contribution in [0.2, 0.25) is 0 Å². The molecule has 0 bridgehead atoms. The van der Waals surface area contributed by atoms with E-state index >= 15 is 0 Å². The summed E-state index contributed by atoms with van der Waals surface area (Å²) in [4.78, 5) is 0. The first-order chi connectivity index (χ1) is 30.0. The fourth-order valence-electron chi connectivity index (χ4n) is 6.95. The van der Waals surface area contributed by atoms with Gasteiger partial charge in [0.1, 0.15) is 74.1 Å². The van der Waals surface area contributed by atoms with Crippen molar-refractivity contribution in [3.63, 3.8) is 0 Å². The Hall–Kier alpha value is -1.75. The van der Waals surface area contributed by atoms with Crippen molar-refractivity contribution < 1.29 is 29.6 Å². The quantitative estimate of drug-likeness (QED) is 0.107. The molecule has 0 aliphatic heterocycles. The number of benzene rings is 8. The molecule has 61 heavy (non-hydrogen) atoms. The van der Waals surface area contributed by atoms with Crippen molar-refractivity contribution in [2.75, 3.05) is 11.8 Å². The van der Waals surface area contributed by atoms with E-state index in [0.29, 0.717) is 0 Å². The zero-order valence-corrected chi connectivity index (χ0v) is 46.4. The fraction of sp³-hybridized carbons (Fsp3) is 0.0400. The molecule has 0 nitrogen and oxygen atoms in total. The third-order valence-electron chi connectivity index (χ3n) is 9.69. The van der Waals surface area contributed by atoms with Crippen LogP contribution in [0, 0.1) is 0 Å². The van der Waals surface area contributed by atoms with Gasteiger partial charge in [-0.1, -0.05) is 146 Å². The molecule has 11 heteroatoms. The van der Waals surface area contributed by atoms with Crippen LogP contribution in [0.1, 0.15) is 0 Å². The van der Waals surface area contributed by atoms with Crippen LogP contribution in [-0.2, 0) is 29.6 Å². The van der Waals surface area contributed by atoms with E-state index < -0.39 is 61.3 Å². The van der Waals surface area contributed by atoms with E-state index in [4.69, 9.17) is 47.6 Å². The van der Waals surface area contributed by atoms with E-state index in [-0.39, 0.29) is 0 Å². The topological polar surface area (TPSA) is 0 Å². The average molecular weight is 1320 g/mol. The van der Waals surface area contributed by atoms with E-state index in [2.05, 4.69) is 243 Å². The molecule has 313 valence electrons. The number of rotatable bonds is 12. The minimum atomic E-state index is -2.05. The van der Waals surface area contributed by atoms with Gasteiger partial charge in [-0.25, -0.2) is 0 Å². The van der Waals surface area contributed by atoms with Gasteiger partial charge < -0.3 is 0 Å². The summed E-state index contributed by atoms with van der Waals surface area (Å²) in [6, 6.07) is 88.9. The Bertz CT molecular complexity index is 1820. The van der Waals surface area contributed by atoms with Crippen molar-refractivity contribution in [3.8, 4) is 0 Å². The van der Waals surface area contributed by atoms with Gasteiger partial charge in [-0.05, 0) is 97.1 Å². The predicted octanol–water partition coefficient (Wildman–Crippen LogP) is 12.8.